The highest BCUT2D eigenvalue weighted by molar-refractivity contribution is 5.99. The number of aryl methyl sites for hydroxylation is 1. The van der Waals surface area contributed by atoms with Crippen LogP contribution in [-0.4, -0.2) is 36.6 Å². The first kappa shape index (κ1) is 12.8. The van der Waals surface area contributed by atoms with Crippen molar-refractivity contribution >= 4 is 11.7 Å². The third-order valence-electron chi connectivity index (χ3n) is 3.32. The van der Waals surface area contributed by atoms with Gasteiger partial charge in [-0.15, -0.1) is 0 Å². The lowest BCUT2D eigenvalue weighted by Crippen LogP contribution is -2.58. The average Bonchev–Trinajstić information content (AvgIpc) is 2.25. The zero-order valence-electron chi connectivity index (χ0n) is 10.9. The van der Waals surface area contributed by atoms with Crippen molar-refractivity contribution in [2.45, 2.75) is 26.3 Å². The summed E-state index contributed by atoms with van der Waals surface area (Å²) in [5.74, 6) is 0.333. The predicted octanol–water partition coefficient (Wildman–Crippen LogP) is 0.677. The molecule has 3 N–H and O–H groups in total. The van der Waals surface area contributed by atoms with Crippen LogP contribution in [-0.2, 0) is 0 Å². The summed E-state index contributed by atoms with van der Waals surface area (Å²) < 4.78 is 0. The number of hydrogen-bond acceptors (Lipinski definition) is 4. The maximum atomic E-state index is 11.6. The van der Waals surface area contributed by atoms with E-state index < -0.39 is 5.91 Å². The topological polar surface area (TPSA) is 71.2 Å². The number of anilines is 1. The fourth-order valence-corrected chi connectivity index (χ4v) is 2.26. The zero-order valence-corrected chi connectivity index (χ0v) is 10.9. The molecule has 0 atom stereocenters. The molecule has 5 heteroatoms. The van der Waals surface area contributed by atoms with Crippen LogP contribution >= 0.6 is 0 Å². The molecule has 98 valence electrons. The van der Waals surface area contributed by atoms with E-state index in [-0.39, 0.29) is 0 Å². The number of nitrogens with zero attached hydrogens (tertiary/aromatic N) is 2. The van der Waals surface area contributed by atoms with E-state index in [4.69, 9.17) is 5.73 Å². The number of nitrogens with one attached hydrogen (secondary N) is 1. The predicted molar refractivity (Wildman–Crippen MR) is 71.8 cm³/mol. The van der Waals surface area contributed by atoms with Gasteiger partial charge in [0, 0.05) is 25.8 Å². The number of carbonyl (C=O) groups excluding carboxylic acids is 1. The normalized spacial score (nSPS) is 15.2. The lowest BCUT2D eigenvalue weighted by Gasteiger charge is -2.39. The van der Waals surface area contributed by atoms with Crippen LogP contribution in [0.15, 0.2) is 12.3 Å². The van der Waals surface area contributed by atoms with Crippen LogP contribution in [0.25, 0.3) is 0 Å². The van der Waals surface area contributed by atoms with E-state index in [1.54, 1.807) is 6.20 Å². The lowest BCUT2D eigenvalue weighted by molar-refractivity contribution is 0.0999. The number of nitrogens with two attached hydrogens (primary N) is 1. The summed E-state index contributed by atoms with van der Waals surface area (Å²) in [6, 6.07) is 2.24. The van der Waals surface area contributed by atoms with Gasteiger partial charge in [-0.1, -0.05) is 6.92 Å². The standard InChI is InChI=1S/C13H20N4O/c1-3-6-17(10-7-15-8-10)13-11(12(14)18)9(2)4-5-16-13/h4-5,10,15H,3,6-8H2,1-2H3,(H2,14,18). The van der Waals surface area contributed by atoms with Crippen molar-refractivity contribution in [1.82, 2.24) is 10.3 Å². The quantitative estimate of drug-likeness (QED) is 0.803. The Bertz CT molecular complexity index is 443. The molecule has 5 nitrogen and oxygen atoms in total. The van der Waals surface area contributed by atoms with Gasteiger partial charge in [0.05, 0.1) is 11.6 Å². The molecule has 1 saturated heterocycles. The van der Waals surface area contributed by atoms with E-state index in [1.165, 1.54) is 0 Å². The van der Waals surface area contributed by atoms with Crippen molar-refractivity contribution in [3.63, 3.8) is 0 Å². The van der Waals surface area contributed by atoms with Crippen molar-refractivity contribution in [1.29, 1.82) is 0 Å². The molecule has 0 bridgehead atoms. The first-order valence-corrected chi connectivity index (χ1v) is 6.38. The van der Waals surface area contributed by atoms with E-state index in [0.29, 0.717) is 11.6 Å². The Morgan fingerprint density at radius 3 is 2.83 bits per heavy atom. The molecule has 0 aliphatic carbocycles. The van der Waals surface area contributed by atoms with Crippen molar-refractivity contribution in [3.05, 3.63) is 23.4 Å². The second kappa shape index (κ2) is 5.35. The van der Waals surface area contributed by atoms with Crippen LogP contribution in [0.1, 0.15) is 29.3 Å². The summed E-state index contributed by atoms with van der Waals surface area (Å²) in [6.45, 7) is 6.79. The molecule has 0 saturated carbocycles. The number of aromatic nitrogens is 1. The minimum Gasteiger partial charge on any atom is -0.365 e. The fourth-order valence-electron chi connectivity index (χ4n) is 2.26. The highest BCUT2D eigenvalue weighted by Crippen LogP contribution is 2.23. The Labute approximate surface area is 107 Å². The Kier molecular flexibility index (Phi) is 3.81. The molecule has 18 heavy (non-hydrogen) atoms. The highest BCUT2D eigenvalue weighted by atomic mass is 16.1. The molecule has 1 aliphatic rings. The Balaban J connectivity index is 2.39. The summed E-state index contributed by atoms with van der Waals surface area (Å²) in [7, 11) is 0. The molecule has 1 aromatic rings. The second-order valence-electron chi connectivity index (χ2n) is 4.70. The van der Waals surface area contributed by atoms with E-state index in [1.807, 2.05) is 13.0 Å². The van der Waals surface area contributed by atoms with Gasteiger partial charge in [-0.2, -0.15) is 0 Å². The first-order chi connectivity index (χ1) is 8.65. The Hall–Kier alpha value is -1.62. The smallest absolute Gasteiger partial charge is 0.252 e. The molecular weight excluding hydrogens is 228 g/mol. The van der Waals surface area contributed by atoms with E-state index in [2.05, 4.69) is 22.1 Å². The SMILES string of the molecule is CCCN(c1nccc(C)c1C(N)=O)C1CNC1. The van der Waals surface area contributed by atoms with Crippen LogP contribution in [0, 0.1) is 6.92 Å². The highest BCUT2D eigenvalue weighted by Gasteiger charge is 2.28. The minimum atomic E-state index is -0.399. The van der Waals surface area contributed by atoms with Gasteiger partial charge in [-0.3, -0.25) is 4.79 Å². The molecule has 0 unspecified atom stereocenters. The number of hydrogen-bond donors (Lipinski definition) is 2. The van der Waals surface area contributed by atoms with E-state index in [9.17, 15) is 4.79 Å². The summed E-state index contributed by atoms with van der Waals surface area (Å²) in [4.78, 5) is 18.2. The molecule has 0 aromatic carbocycles. The minimum absolute atomic E-state index is 0.399. The van der Waals surface area contributed by atoms with E-state index >= 15 is 0 Å². The third kappa shape index (κ3) is 2.31. The van der Waals surface area contributed by atoms with Crippen LogP contribution in [0.2, 0.25) is 0 Å². The third-order valence-corrected chi connectivity index (χ3v) is 3.32. The number of carbonyl (C=O) groups is 1. The van der Waals surface area contributed by atoms with Gasteiger partial charge in [0.2, 0.25) is 0 Å². The van der Waals surface area contributed by atoms with Gasteiger partial charge in [0.1, 0.15) is 5.82 Å². The van der Waals surface area contributed by atoms with Crippen LogP contribution in [0.5, 0.6) is 0 Å². The largest absolute Gasteiger partial charge is 0.365 e. The molecule has 1 aromatic heterocycles. The summed E-state index contributed by atoms with van der Waals surface area (Å²) in [6.07, 6.45) is 2.76. The monoisotopic (exact) mass is 248 g/mol. The Morgan fingerprint density at radius 1 is 1.61 bits per heavy atom. The molecule has 2 heterocycles. The van der Waals surface area contributed by atoms with Gasteiger partial charge in [-0.05, 0) is 25.0 Å². The average molecular weight is 248 g/mol. The first-order valence-electron chi connectivity index (χ1n) is 6.38. The lowest BCUT2D eigenvalue weighted by atomic mass is 10.1. The zero-order chi connectivity index (χ0) is 13.1. The second-order valence-corrected chi connectivity index (χ2v) is 4.70. The molecule has 1 amide bonds. The van der Waals surface area contributed by atoms with Crippen LogP contribution < -0.4 is 16.0 Å². The van der Waals surface area contributed by atoms with Crippen molar-refractivity contribution in [2.75, 3.05) is 24.5 Å². The number of pyridine rings is 1. The van der Waals surface area contributed by atoms with Gasteiger partial charge in [0.15, 0.2) is 0 Å². The molecule has 2 rings (SSSR count). The van der Waals surface area contributed by atoms with Gasteiger partial charge < -0.3 is 16.0 Å². The van der Waals surface area contributed by atoms with Crippen LogP contribution in [0.4, 0.5) is 5.82 Å². The number of rotatable bonds is 5. The molecule has 1 aliphatic heterocycles. The molecule has 1 fully saturated rings. The van der Waals surface area contributed by atoms with Crippen molar-refractivity contribution in [2.24, 2.45) is 5.73 Å². The number of amides is 1. The fraction of sp³-hybridized carbons (Fsp3) is 0.538. The van der Waals surface area contributed by atoms with Gasteiger partial charge in [-0.25, -0.2) is 4.98 Å². The van der Waals surface area contributed by atoms with E-state index in [0.717, 1.165) is 37.4 Å². The maximum absolute atomic E-state index is 11.6. The molecular formula is C13H20N4O. The molecule has 0 spiro atoms. The van der Waals surface area contributed by atoms with Crippen molar-refractivity contribution < 1.29 is 4.79 Å². The summed E-state index contributed by atoms with van der Waals surface area (Å²) >= 11 is 0. The van der Waals surface area contributed by atoms with Gasteiger partial charge >= 0.3 is 0 Å². The molecule has 0 radical (unpaired) electrons. The van der Waals surface area contributed by atoms with Crippen LogP contribution in [0.3, 0.4) is 0 Å². The van der Waals surface area contributed by atoms with Crippen molar-refractivity contribution in [3.8, 4) is 0 Å². The van der Waals surface area contributed by atoms with Gasteiger partial charge in [0.25, 0.3) is 5.91 Å². The summed E-state index contributed by atoms with van der Waals surface area (Å²) in [5, 5.41) is 3.25. The summed E-state index contributed by atoms with van der Waals surface area (Å²) in [5.41, 5.74) is 6.93. The Morgan fingerprint density at radius 2 is 2.33 bits per heavy atom. The number of primary amides is 1. The maximum Gasteiger partial charge on any atom is 0.252 e.